The molecule has 0 radical (unpaired) electrons. The van der Waals surface area contributed by atoms with E-state index >= 15 is 0 Å². The molecule has 1 N–H and O–H groups in total. The molecule has 0 amide bonds. The predicted molar refractivity (Wildman–Crippen MR) is 90.6 cm³/mol. The molecule has 3 aromatic rings. The first-order valence-corrected chi connectivity index (χ1v) is 7.57. The van der Waals surface area contributed by atoms with Gasteiger partial charge >= 0.3 is 6.02 Å². The van der Waals surface area contributed by atoms with Gasteiger partial charge in [0, 0.05) is 5.69 Å². The normalized spacial score (nSPS) is 11.2. The predicted octanol–water partition coefficient (Wildman–Crippen LogP) is 3.91. The number of nitrogens with zero attached hydrogens (tertiary/aromatic N) is 3. The van der Waals surface area contributed by atoms with Crippen LogP contribution in [-0.4, -0.2) is 11.0 Å². The van der Waals surface area contributed by atoms with E-state index in [4.69, 9.17) is 10.00 Å². The summed E-state index contributed by atoms with van der Waals surface area (Å²) >= 11 is 5.72. The van der Waals surface area contributed by atoms with Crippen molar-refractivity contribution in [1.82, 2.24) is 4.98 Å². The van der Waals surface area contributed by atoms with Gasteiger partial charge in [-0.1, -0.05) is 18.2 Å². The van der Waals surface area contributed by atoms with Crippen LogP contribution in [0.2, 0.25) is 0 Å². The number of rotatable bonds is 2. The Labute approximate surface area is 136 Å². The second-order valence-electron chi connectivity index (χ2n) is 4.24. The molecule has 108 valence electrons. The summed E-state index contributed by atoms with van der Waals surface area (Å²) in [6.45, 7) is 0. The minimum absolute atomic E-state index is 0.115. The highest BCUT2D eigenvalue weighted by Gasteiger charge is 2.06. The molecule has 2 aromatic carbocycles. The molecular weight excluding hydrogens is 316 g/mol. The number of anilines is 1. The van der Waals surface area contributed by atoms with Crippen LogP contribution in [0.1, 0.15) is 0 Å². The van der Waals surface area contributed by atoms with Crippen LogP contribution >= 0.6 is 24.0 Å². The van der Waals surface area contributed by atoms with Crippen LogP contribution in [0.4, 0.5) is 5.69 Å². The van der Waals surface area contributed by atoms with Crippen molar-refractivity contribution in [1.29, 1.82) is 5.26 Å². The van der Waals surface area contributed by atoms with E-state index in [1.54, 1.807) is 18.3 Å². The lowest BCUT2D eigenvalue weighted by Crippen LogP contribution is -2.19. The zero-order valence-electron chi connectivity index (χ0n) is 11.2. The first kappa shape index (κ1) is 14.4. The third kappa shape index (κ3) is 3.36. The lowest BCUT2D eigenvalue weighted by atomic mass is 10.3. The topological polar surface area (TPSA) is 70.3 Å². The number of thiol groups is 1. The molecule has 0 saturated heterocycles. The average Bonchev–Trinajstić information content (AvgIpc) is 2.88. The number of hydrogen-bond donors (Lipinski definition) is 2. The van der Waals surface area contributed by atoms with E-state index in [-0.39, 0.29) is 6.02 Å². The highest BCUT2D eigenvalue weighted by Crippen LogP contribution is 2.27. The third-order valence-corrected chi connectivity index (χ3v) is 3.93. The van der Waals surface area contributed by atoms with Crippen molar-refractivity contribution in [2.24, 2.45) is 4.99 Å². The van der Waals surface area contributed by atoms with Crippen LogP contribution in [0.3, 0.4) is 0 Å². The molecule has 22 heavy (non-hydrogen) atoms. The molecule has 0 bridgehead atoms. The Morgan fingerprint density at radius 3 is 2.86 bits per heavy atom. The number of fused-ring (bicyclic) bond motifs is 1. The number of ether oxygens (including phenoxy) is 1. The second kappa shape index (κ2) is 6.47. The number of nitriles is 1. The summed E-state index contributed by atoms with van der Waals surface area (Å²) in [5, 5.41) is 11.8. The van der Waals surface area contributed by atoms with Crippen molar-refractivity contribution in [3.63, 3.8) is 0 Å². The van der Waals surface area contributed by atoms with Gasteiger partial charge in [0.25, 0.3) is 0 Å². The maximum Gasteiger partial charge on any atom is 0.310 e. The van der Waals surface area contributed by atoms with Crippen LogP contribution in [-0.2, 0) is 0 Å². The Bertz CT molecular complexity index is 868. The number of aromatic nitrogens is 1. The van der Waals surface area contributed by atoms with Gasteiger partial charge < -0.3 is 10.1 Å². The van der Waals surface area contributed by atoms with Gasteiger partial charge in [0.2, 0.25) is 6.19 Å². The lowest BCUT2D eigenvalue weighted by molar-refractivity contribution is 0.549. The lowest BCUT2D eigenvalue weighted by Gasteiger charge is -2.09. The average molecular weight is 326 g/mol. The Morgan fingerprint density at radius 2 is 2.09 bits per heavy atom. The standard InChI is InChI=1S/C15H10N4OS2/c16-9-17-14(20-11-4-2-1-3-5-11)18-10-6-7-12-13(8-10)22-15(21)19-12/h1-8H,(H,17,18)(H,19,21). The molecule has 0 atom stereocenters. The fourth-order valence-corrected chi connectivity index (χ4v) is 2.98. The first-order chi connectivity index (χ1) is 10.7. The van der Waals surface area contributed by atoms with E-state index < -0.39 is 0 Å². The zero-order valence-corrected chi connectivity index (χ0v) is 12.9. The Kier molecular flexibility index (Phi) is 4.23. The Hall–Kier alpha value is -2.56. The van der Waals surface area contributed by atoms with Gasteiger partial charge in [-0.3, -0.25) is 0 Å². The number of amidine groups is 1. The van der Waals surface area contributed by atoms with E-state index in [0.29, 0.717) is 10.1 Å². The summed E-state index contributed by atoms with van der Waals surface area (Å²) in [6.07, 6.45) is 1.73. The van der Waals surface area contributed by atoms with Gasteiger partial charge in [0.1, 0.15) is 10.1 Å². The number of hydrogen-bond acceptors (Lipinski definition) is 6. The molecular formula is C15H10N4OS2. The molecule has 1 aromatic heterocycles. The largest absolute Gasteiger partial charge is 0.425 e. The van der Waals surface area contributed by atoms with Crippen LogP contribution in [0.15, 0.2) is 57.9 Å². The Morgan fingerprint density at radius 1 is 1.27 bits per heavy atom. The molecule has 1 heterocycles. The van der Waals surface area contributed by atoms with Crippen molar-refractivity contribution in [2.75, 3.05) is 5.32 Å². The number of nitrogens with one attached hydrogen (secondary N) is 1. The number of benzene rings is 2. The van der Waals surface area contributed by atoms with E-state index in [1.807, 2.05) is 36.4 Å². The molecule has 0 spiro atoms. The SMILES string of the molecule is N#C/N=C(/Nc1ccc2nc(S)sc2c1)Oc1ccccc1. The summed E-state index contributed by atoms with van der Waals surface area (Å²) in [4.78, 5) is 7.94. The maximum absolute atomic E-state index is 8.79. The fourth-order valence-electron chi connectivity index (χ4n) is 1.84. The summed E-state index contributed by atoms with van der Waals surface area (Å²) in [6, 6.07) is 14.9. The van der Waals surface area contributed by atoms with Gasteiger partial charge in [0.15, 0.2) is 0 Å². The number of thiazole rings is 1. The molecule has 0 fully saturated rings. The number of para-hydroxylation sites is 1. The van der Waals surface area contributed by atoms with Gasteiger partial charge in [-0.05, 0) is 30.3 Å². The quantitative estimate of drug-likeness (QED) is 0.324. The molecule has 0 aliphatic heterocycles. The number of aliphatic imine (C=N–C) groups is 1. The van der Waals surface area contributed by atoms with Crippen molar-refractivity contribution < 1.29 is 4.74 Å². The highest BCUT2D eigenvalue weighted by molar-refractivity contribution is 7.82. The maximum atomic E-state index is 8.79. The van der Waals surface area contributed by atoms with Crippen LogP contribution in [0.5, 0.6) is 5.75 Å². The van der Waals surface area contributed by atoms with E-state index in [1.165, 1.54) is 11.3 Å². The molecule has 0 saturated carbocycles. The smallest absolute Gasteiger partial charge is 0.310 e. The van der Waals surface area contributed by atoms with Crippen molar-refractivity contribution in [2.45, 2.75) is 4.34 Å². The third-order valence-electron chi connectivity index (χ3n) is 2.74. The van der Waals surface area contributed by atoms with E-state index in [2.05, 4.69) is 27.9 Å². The van der Waals surface area contributed by atoms with Gasteiger partial charge in [-0.25, -0.2) is 4.98 Å². The van der Waals surface area contributed by atoms with Crippen molar-refractivity contribution in [3.05, 3.63) is 48.5 Å². The molecule has 0 aliphatic carbocycles. The van der Waals surface area contributed by atoms with Crippen LogP contribution in [0, 0.1) is 11.5 Å². The van der Waals surface area contributed by atoms with Crippen LogP contribution in [0.25, 0.3) is 10.2 Å². The molecule has 3 rings (SSSR count). The Balaban J connectivity index is 1.83. The minimum atomic E-state index is 0.115. The zero-order chi connectivity index (χ0) is 15.4. The molecule has 7 heteroatoms. The first-order valence-electron chi connectivity index (χ1n) is 6.31. The monoisotopic (exact) mass is 326 g/mol. The summed E-state index contributed by atoms with van der Waals surface area (Å²) in [7, 11) is 0. The van der Waals surface area contributed by atoms with Crippen LogP contribution < -0.4 is 10.1 Å². The van der Waals surface area contributed by atoms with E-state index in [0.717, 1.165) is 15.9 Å². The molecule has 5 nitrogen and oxygen atoms in total. The molecule has 0 aliphatic rings. The van der Waals surface area contributed by atoms with Crippen molar-refractivity contribution >= 4 is 45.9 Å². The van der Waals surface area contributed by atoms with E-state index in [9.17, 15) is 0 Å². The van der Waals surface area contributed by atoms with Gasteiger partial charge in [-0.15, -0.1) is 29.0 Å². The fraction of sp³-hybridized carbons (Fsp3) is 0. The molecule has 0 unspecified atom stereocenters. The summed E-state index contributed by atoms with van der Waals surface area (Å²) in [5.41, 5.74) is 1.64. The van der Waals surface area contributed by atoms with Gasteiger partial charge in [-0.2, -0.15) is 5.26 Å². The minimum Gasteiger partial charge on any atom is -0.425 e. The summed E-state index contributed by atoms with van der Waals surface area (Å²) < 4.78 is 7.26. The second-order valence-corrected chi connectivity index (χ2v) is 5.99. The van der Waals surface area contributed by atoms with Gasteiger partial charge in [0.05, 0.1) is 10.2 Å². The highest BCUT2D eigenvalue weighted by atomic mass is 32.2. The summed E-state index contributed by atoms with van der Waals surface area (Å²) in [5.74, 6) is 0.598. The van der Waals surface area contributed by atoms with Crippen molar-refractivity contribution in [3.8, 4) is 11.9 Å².